The number of benzene rings is 1. The molecule has 0 saturated carbocycles. The maximum atomic E-state index is 12.9. The predicted molar refractivity (Wildman–Crippen MR) is 74.5 cm³/mol. The zero-order chi connectivity index (χ0) is 14.1. The SMILES string of the molecule is CCOC(CNC(CC)c1ccc(F)cc1)OCC. The van der Waals surface area contributed by atoms with E-state index in [4.69, 9.17) is 9.47 Å². The molecule has 1 rings (SSSR count). The van der Waals surface area contributed by atoms with Crippen LogP contribution < -0.4 is 5.32 Å². The van der Waals surface area contributed by atoms with Crippen LogP contribution in [0.15, 0.2) is 24.3 Å². The number of hydrogen-bond acceptors (Lipinski definition) is 3. The first-order chi connectivity index (χ1) is 9.21. The number of rotatable bonds is 9. The van der Waals surface area contributed by atoms with Crippen molar-refractivity contribution in [2.24, 2.45) is 0 Å². The minimum Gasteiger partial charge on any atom is -0.352 e. The Morgan fingerprint density at radius 3 is 2.11 bits per heavy atom. The van der Waals surface area contributed by atoms with Crippen LogP contribution in [0.5, 0.6) is 0 Å². The Bertz CT molecular complexity index is 337. The van der Waals surface area contributed by atoms with Crippen molar-refractivity contribution in [3.05, 3.63) is 35.6 Å². The maximum absolute atomic E-state index is 12.9. The van der Waals surface area contributed by atoms with Gasteiger partial charge in [0, 0.05) is 25.8 Å². The van der Waals surface area contributed by atoms with Gasteiger partial charge in [0.25, 0.3) is 0 Å². The molecule has 0 amide bonds. The first kappa shape index (κ1) is 16.1. The smallest absolute Gasteiger partial charge is 0.169 e. The van der Waals surface area contributed by atoms with E-state index < -0.39 is 0 Å². The van der Waals surface area contributed by atoms with Crippen LogP contribution >= 0.6 is 0 Å². The molecule has 3 nitrogen and oxygen atoms in total. The Morgan fingerprint density at radius 2 is 1.63 bits per heavy atom. The third-order valence-corrected chi connectivity index (χ3v) is 2.92. The van der Waals surface area contributed by atoms with Gasteiger partial charge in [-0.15, -0.1) is 0 Å². The monoisotopic (exact) mass is 269 g/mol. The van der Waals surface area contributed by atoms with Crippen LogP contribution in [0.2, 0.25) is 0 Å². The fraction of sp³-hybridized carbons (Fsp3) is 0.600. The zero-order valence-corrected chi connectivity index (χ0v) is 12.0. The van der Waals surface area contributed by atoms with Gasteiger partial charge in [-0.05, 0) is 38.0 Å². The van der Waals surface area contributed by atoms with E-state index >= 15 is 0 Å². The van der Waals surface area contributed by atoms with Gasteiger partial charge in [-0.1, -0.05) is 19.1 Å². The summed E-state index contributed by atoms with van der Waals surface area (Å²) >= 11 is 0. The van der Waals surface area contributed by atoms with E-state index in [0.717, 1.165) is 12.0 Å². The fourth-order valence-corrected chi connectivity index (χ4v) is 1.97. The van der Waals surface area contributed by atoms with Crippen LogP contribution in [0.25, 0.3) is 0 Å². The lowest BCUT2D eigenvalue weighted by Crippen LogP contribution is -2.34. The van der Waals surface area contributed by atoms with Crippen molar-refractivity contribution in [2.45, 2.75) is 39.5 Å². The van der Waals surface area contributed by atoms with Crippen LogP contribution in [0.4, 0.5) is 4.39 Å². The summed E-state index contributed by atoms with van der Waals surface area (Å²) < 4.78 is 23.9. The molecule has 1 unspecified atom stereocenters. The topological polar surface area (TPSA) is 30.5 Å². The molecule has 0 aliphatic rings. The molecule has 19 heavy (non-hydrogen) atoms. The second-order valence-corrected chi connectivity index (χ2v) is 4.26. The van der Waals surface area contributed by atoms with E-state index in [-0.39, 0.29) is 18.1 Å². The van der Waals surface area contributed by atoms with Crippen molar-refractivity contribution in [2.75, 3.05) is 19.8 Å². The highest BCUT2D eigenvalue weighted by molar-refractivity contribution is 5.19. The molecular weight excluding hydrogens is 245 g/mol. The maximum Gasteiger partial charge on any atom is 0.169 e. The van der Waals surface area contributed by atoms with Crippen LogP contribution in [0.1, 0.15) is 38.8 Å². The highest BCUT2D eigenvalue weighted by Crippen LogP contribution is 2.17. The highest BCUT2D eigenvalue weighted by atomic mass is 19.1. The van der Waals surface area contributed by atoms with Crippen LogP contribution in [-0.2, 0) is 9.47 Å². The normalized spacial score (nSPS) is 12.9. The first-order valence-electron chi connectivity index (χ1n) is 6.93. The molecule has 0 bridgehead atoms. The molecule has 1 aromatic rings. The second-order valence-electron chi connectivity index (χ2n) is 4.26. The number of halogens is 1. The number of nitrogens with one attached hydrogen (secondary N) is 1. The Balaban J connectivity index is 2.53. The van der Waals surface area contributed by atoms with Crippen LogP contribution in [0, 0.1) is 5.82 Å². The minimum absolute atomic E-state index is 0.184. The Kier molecular flexibility index (Phi) is 7.63. The lowest BCUT2D eigenvalue weighted by molar-refractivity contribution is -0.133. The molecule has 0 spiro atoms. The van der Waals surface area contributed by atoms with Gasteiger partial charge in [-0.2, -0.15) is 0 Å². The minimum atomic E-state index is -0.232. The fourth-order valence-electron chi connectivity index (χ4n) is 1.97. The van der Waals surface area contributed by atoms with Gasteiger partial charge in [0.2, 0.25) is 0 Å². The van der Waals surface area contributed by atoms with Gasteiger partial charge in [0.1, 0.15) is 5.82 Å². The zero-order valence-electron chi connectivity index (χ0n) is 12.0. The Morgan fingerprint density at radius 1 is 1.05 bits per heavy atom. The van der Waals surface area contributed by atoms with E-state index in [9.17, 15) is 4.39 Å². The quantitative estimate of drug-likeness (QED) is 0.698. The first-order valence-corrected chi connectivity index (χ1v) is 6.93. The third-order valence-electron chi connectivity index (χ3n) is 2.92. The molecular formula is C15H24FNO2. The summed E-state index contributed by atoms with van der Waals surface area (Å²) in [6, 6.07) is 6.79. The van der Waals surface area contributed by atoms with Crippen molar-refractivity contribution in [1.82, 2.24) is 5.32 Å². The van der Waals surface area contributed by atoms with Crippen molar-refractivity contribution in [3.8, 4) is 0 Å². The van der Waals surface area contributed by atoms with E-state index in [0.29, 0.717) is 19.8 Å². The van der Waals surface area contributed by atoms with E-state index in [1.165, 1.54) is 12.1 Å². The lowest BCUT2D eigenvalue weighted by Gasteiger charge is -2.22. The van der Waals surface area contributed by atoms with Crippen molar-refractivity contribution >= 4 is 0 Å². The molecule has 0 aliphatic carbocycles. The summed E-state index contributed by atoms with van der Waals surface area (Å²) in [5.74, 6) is -0.208. The van der Waals surface area contributed by atoms with Crippen molar-refractivity contribution in [3.63, 3.8) is 0 Å². The number of ether oxygens (including phenoxy) is 2. The molecule has 0 aromatic heterocycles. The average molecular weight is 269 g/mol. The van der Waals surface area contributed by atoms with Crippen LogP contribution in [-0.4, -0.2) is 26.0 Å². The standard InChI is InChI=1S/C15H24FNO2/c1-4-14(12-7-9-13(16)10-8-12)17-11-15(18-5-2)19-6-3/h7-10,14-15,17H,4-6,11H2,1-3H3. The average Bonchev–Trinajstić information content (AvgIpc) is 2.41. The molecule has 1 aromatic carbocycles. The molecule has 1 N–H and O–H groups in total. The molecule has 0 fully saturated rings. The van der Waals surface area contributed by atoms with Gasteiger partial charge in [-0.25, -0.2) is 4.39 Å². The highest BCUT2D eigenvalue weighted by Gasteiger charge is 2.13. The van der Waals surface area contributed by atoms with Crippen molar-refractivity contribution < 1.29 is 13.9 Å². The predicted octanol–water partition coefficient (Wildman–Crippen LogP) is 3.27. The summed E-state index contributed by atoms with van der Waals surface area (Å²) in [4.78, 5) is 0. The van der Waals surface area contributed by atoms with Gasteiger partial charge in [-0.3, -0.25) is 0 Å². The summed E-state index contributed by atoms with van der Waals surface area (Å²) in [5.41, 5.74) is 1.08. The van der Waals surface area contributed by atoms with Gasteiger partial charge >= 0.3 is 0 Å². The molecule has 108 valence electrons. The molecule has 0 saturated heterocycles. The second kappa shape index (κ2) is 9.02. The molecule has 0 heterocycles. The molecule has 4 heteroatoms. The van der Waals surface area contributed by atoms with Gasteiger partial charge < -0.3 is 14.8 Å². The van der Waals surface area contributed by atoms with E-state index in [2.05, 4.69) is 12.2 Å². The summed E-state index contributed by atoms with van der Waals surface area (Å²) in [6.07, 6.45) is 0.695. The molecule has 0 aliphatic heterocycles. The summed E-state index contributed by atoms with van der Waals surface area (Å²) in [5, 5.41) is 3.40. The summed E-state index contributed by atoms with van der Waals surface area (Å²) in [7, 11) is 0. The van der Waals surface area contributed by atoms with Crippen molar-refractivity contribution in [1.29, 1.82) is 0 Å². The van der Waals surface area contributed by atoms with Gasteiger partial charge in [0.05, 0.1) is 0 Å². The van der Waals surface area contributed by atoms with E-state index in [1.54, 1.807) is 0 Å². The Labute approximate surface area is 115 Å². The summed E-state index contributed by atoms with van der Waals surface area (Å²) in [6.45, 7) is 7.86. The largest absolute Gasteiger partial charge is 0.352 e. The Hall–Kier alpha value is -0.970. The lowest BCUT2D eigenvalue weighted by atomic mass is 10.0. The third kappa shape index (κ3) is 5.68. The van der Waals surface area contributed by atoms with Gasteiger partial charge in [0.15, 0.2) is 6.29 Å². The molecule has 1 atom stereocenters. The van der Waals surface area contributed by atoms with E-state index in [1.807, 2.05) is 26.0 Å². The van der Waals surface area contributed by atoms with Crippen LogP contribution in [0.3, 0.4) is 0 Å². The number of hydrogen-bond donors (Lipinski definition) is 1. The molecule has 0 radical (unpaired) electrons.